The zero-order valence-corrected chi connectivity index (χ0v) is 9.85. The maximum Gasteiger partial charge on any atom is 0.0156 e. The van der Waals surface area contributed by atoms with Gasteiger partial charge in [0.2, 0.25) is 0 Å². The van der Waals surface area contributed by atoms with E-state index in [-0.39, 0.29) is 0 Å². The Labute approximate surface area is 92.2 Å². The van der Waals surface area contributed by atoms with E-state index in [1.54, 1.807) is 0 Å². The number of rotatable bonds is 2. The summed E-state index contributed by atoms with van der Waals surface area (Å²) < 4.78 is 0. The molecule has 70 valence electrons. The van der Waals surface area contributed by atoms with Gasteiger partial charge >= 0.3 is 0 Å². The summed E-state index contributed by atoms with van der Waals surface area (Å²) in [7, 11) is 0. The number of thioether (sulfide) groups is 1. The van der Waals surface area contributed by atoms with Gasteiger partial charge in [-0.2, -0.15) is 0 Å². The van der Waals surface area contributed by atoms with Crippen LogP contribution in [0.25, 0.3) is 0 Å². The summed E-state index contributed by atoms with van der Waals surface area (Å²) in [5.74, 6) is 0. The van der Waals surface area contributed by atoms with E-state index in [1.807, 2.05) is 11.8 Å². The first-order valence-electron chi connectivity index (χ1n) is 4.70. The molecule has 0 bridgehead atoms. The third kappa shape index (κ3) is 2.75. The minimum Gasteiger partial charge on any atom is -0.123 e. The normalized spacial score (nSPS) is 27.8. The number of alkyl halides is 1. The van der Waals surface area contributed by atoms with Gasteiger partial charge in [0.15, 0.2) is 0 Å². The van der Waals surface area contributed by atoms with Crippen LogP contribution in [0.2, 0.25) is 0 Å². The molecule has 0 spiro atoms. The van der Waals surface area contributed by atoms with Crippen LogP contribution in [-0.4, -0.2) is 10.1 Å². The number of hydrogen-bond acceptors (Lipinski definition) is 1. The Morgan fingerprint density at radius 1 is 1.15 bits per heavy atom. The lowest BCUT2D eigenvalue weighted by atomic mass is 10.4. The molecule has 0 radical (unpaired) electrons. The van der Waals surface area contributed by atoms with Crippen LogP contribution in [0.4, 0.5) is 0 Å². The summed E-state index contributed by atoms with van der Waals surface area (Å²) >= 11 is 5.70. The predicted octanol–water partition coefficient (Wildman–Crippen LogP) is 4.09. The first-order chi connectivity index (χ1) is 6.34. The maximum absolute atomic E-state index is 3.68. The molecule has 1 saturated carbocycles. The van der Waals surface area contributed by atoms with Crippen molar-refractivity contribution in [1.82, 2.24) is 0 Å². The van der Waals surface area contributed by atoms with Crippen LogP contribution in [0.15, 0.2) is 35.2 Å². The van der Waals surface area contributed by atoms with Crippen molar-refractivity contribution in [2.75, 3.05) is 0 Å². The lowest BCUT2D eigenvalue weighted by molar-refractivity contribution is 0.904. The highest BCUT2D eigenvalue weighted by atomic mass is 79.9. The van der Waals surface area contributed by atoms with Crippen LogP contribution in [-0.2, 0) is 0 Å². The molecular formula is C11H13BrS. The van der Waals surface area contributed by atoms with Gasteiger partial charge in [-0.3, -0.25) is 0 Å². The van der Waals surface area contributed by atoms with E-state index >= 15 is 0 Å². The largest absolute Gasteiger partial charge is 0.123 e. The van der Waals surface area contributed by atoms with Crippen molar-refractivity contribution in [2.24, 2.45) is 0 Å². The van der Waals surface area contributed by atoms with E-state index in [2.05, 4.69) is 46.3 Å². The lowest BCUT2D eigenvalue weighted by Gasteiger charge is -2.07. The fourth-order valence-corrected chi connectivity index (χ4v) is 3.93. The van der Waals surface area contributed by atoms with Crippen LogP contribution >= 0.6 is 27.7 Å². The molecule has 2 unspecified atom stereocenters. The highest BCUT2D eigenvalue weighted by molar-refractivity contribution is 9.09. The van der Waals surface area contributed by atoms with Crippen molar-refractivity contribution in [3.63, 3.8) is 0 Å². The molecule has 0 aliphatic heterocycles. The predicted molar refractivity (Wildman–Crippen MR) is 62.7 cm³/mol. The van der Waals surface area contributed by atoms with E-state index in [4.69, 9.17) is 0 Å². The van der Waals surface area contributed by atoms with Crippen molar-refractivity contribution in [3.8, 4) is 0 Å². The average molecular weight is 257 g/mol. The van der Waals surface area contributed by atoms with Crippen molar-refractivity contribution in [2.45, 2.75) is 34.2 Å². The van der Waals surface area contributed by atoms with Gasteiger partial charge in [0.25, 0.3) is 0 Å². The topological polar surface area (TPSA) is 0 Å². The second-order valence-corrected chi connectivity index (χ2v) is 6.13. The Balaban J connectivity index is 1.92. The molecular weight excluding hydrogens is 244 g/mol. The molecule has 0 nitrogen and oxygen atoms in total. The Morgan fingerprint density at radius 2 is 1.92 bits per heavy atom. The molecule has 2 heteroatoms. The standard InChI is InChI=1S/C11H13BrS/c12-9-6-7-11(8-9)13-10-4-2-1-3-5-10/h1-5,9,11H,6-8H2. The fraction of sp³-hybridized carbons (Fsp3) is 0.455. The molecule has 0 saturated heterocycles. The number of benzene rings is 1. The van der Waals surface area contributed by atoms with Crippen LogP contribution in [0.3, 0.4) is 0 Å². The third-order valence-electron chi connectivity index (χ3n) is 2.37. The van der Waals surface area contributed by atoms with Crippen molar-refractivity contribution >= 4 is 27.7 Å². The minimum atomic E-state index is 0.758. The summed E-state index contributed by atoms with van der Waals surface area (Å²) in [4.78, 5) is 2.17. The molecule has 13 heavy (non-hydrogen) atoms. The molecule has 1 aliphatic carbocycles. The van der Waals surface area contributed by atoms with Crippen molar-refractivity contribution < 1.29 is 0 Å². The van der Waals surface area contributed by atoms with E-state index in [1.165, 1.54) is 24.2 Å². The highest BCUT2D eigenvalue weighted by Crippen LogP contribution is 2.37. The molecule has 1 aromatic carbocycles. The van der Waals surface area contributed by atoms with Crippen molar-refractivity contribution in [1.29, 1.82) is 0 Å². The van der Waals surface area contributed by atoms with Gasteiger partial charge in [0.05, 0.1) is 0 Å². The maximum atomic E-state index is 3.68. The van der Waals surface area contributed by atoms with Gasteiger partial charge in [-0.15, -0.1) is 11.8 Å². The quantitative estimate of drug-likeness (QED) is 0.719. The Morgan fingerprint density at radius 3 is 2.54 bits per heavy atom. The zero-order valence-electron chi connectivity index (χ0n) is 7.45. The molecule has 2 atom stereocenters. The molecule has 1 aliphatic rings. The summed E-state index contributed by atoms with van der Waals surface area (Å²) in [5, 5.41) is 0.826. The Hall–Kier alpha value is 0.0500. The second-order valence-electron chi connectivity index (χ2n) is 3.46. The number of hydrogen-bond donors (Lipinski definition) is 0. The van der Waals surface area contributed by atoms with E-state index in [9.17, 15) is 0 Å². The first-order valence-corrected chi connectivity index (χ1v) is 6.50. The Bertz CT molecular complexity index is 260. The zero-order chi connectivity index (χ0) is 9.10. The molecule has 1 aromatic rings. The summed E-state index contributed by atoms with van der Waals surface area (Å²) in [5.41, 5.74) is 0. The fourth-order valence-electron chi connectivity index (χ4n) is 1.69. The van der Waals surface area contributed by atoms with Gasteiger partial charge in [-0.25, -0.2) is 0 Å². The Kier molecular flexibility index (Phi) is 3.33. The van der Waals surface area contributed by atoms with Gasteiger partial charge in [-0.1, -0.05) is 34.1 Å². The highest BCUT2D eigenvalue weighted by Gasteiger charge is 2.22. The van der Waals surface area contributed by atoms with Gasteiger partial charge < -0.3 is 0 Å². The smallest absolute Gasteiger partial charge is 0.0156 e. The van der Waals surface area contributed by atoms with Gasteiger partial charge in [0, 0.05) is 15.0 Å². The molecule has 0 amide bonds. The molecule has 1 fully saturated rings. The van der Waals surface area contributed by atoms with Crippen LogP contribution in [0.5, 0.6) is 0 Å². The number of halogens is 1. The van der Waals surface area contributed by atoms with Crippen LogP contribution < -0.4 is 0 Å². The van der Waals surface area contributed by atoms with E-state index in [0.29, 0.717) is 0 Å². The monoisotopic (exact) mass is 256 g/mol. The summed E-state index contributed by atoms with van der Waals surface area (Å²) in [6.45, 7) is 0. The minimum absolute atomic E-state index is 0.758. The lowest BCUT2D eigenvalue weighted by Crippen LogP contribution is -1.95. The first kappa shape index (κ1) is 9.60. The molecule has 0 heterocycles. The van der Waals surface area contributed by atoms with Crippen LogP contribution in [0, 0.1) is 0 Å². The van der Waals surface area contributed by atoms with E-state index < -0.39 is 0 Å². The van der Waals surface area contributed by atoms with Gasteiger partial charge in [0.1, 0.15) is 0 Å². The summed E-state index contributed by atoms with van der Waals surface area (Å²) in [6, 6.07) is 10.7. The summed E-state index contributed by atoms with van der Waals surface area (Å²) in [6.07, 6.45) is 4.01. The van der Waals surface area contributed by atoms with Crippen LogP contribution in [0.1, 0.15) is 19.3 Å². The molecule has 0 N–H and O–H groups in total. The second kappa shape index (κ2) is 4.52. The molecule has 0 aromatic heterocycles. The van der Waals surface area contributed by atoms with Crippen molar-refractivity contribution in [3.05, 3.63) is 30.3 Å². The SMILES string of the molecule is BrC1CCC(Sc2ccccc2)C1. The van der Waals surface area contributed by atoms with E-state index in [0.717, 1.165) is 10.1 Å². The third-order valence-corrected chi connectivity index (χ3v) is 4.50. The molecule has 2 rings (SSSR count). The van der Waals surface area contributed by atoms with Gasteiger partial charge in [-0.05, 0) is 31.4 Å². The average Bonchev–Trinajstić information content (AvgIpc) is 2.53.